The molecule has 4 aliphatic carbocycles. The number of rotatable bonds is 3. The standard InChI is InChI=1S/C20H24N2O3/c23-18-10-25-17-2-1-15(6-16(17)22-18)19(24)21-11-20-7-12-3-13(8-20)5-14(4-12)9-20/h1-2,6,12-14H,3-5,7-11H2,(H,21,24)(H,22,23). The maximum atomic E-state index is 12.6. The van der Waals surface area contributed by atoms with Crippen LogP contribution in [-0.2, 0) is 4.79 Å². The second-order valence-corrected chi connectivity index (χ2v) is 8.65. The zero-order chi connectivity index (χ0) is 17.0. The summed E-state index contributed by atoms with van der Waals surface area (Å²) in [4.78, 5) is 24.1. The first-order valence-corrected chi connectivity index (χ1v) is 9.43. The van der Waals surface area contributed by atoms with Gasteiger partial charge < -0.3 is 15.4 Å². The SMILES string of the molecule is O=C1COc2ccc(C(=O)NCC34CC5CC(CC(C5)C3)C4)cc2N1. The van der Waals surface area contributed by atoms with E-state index in [0.717, 1.165) is 24.3 Å². The van der Waals surface area contributed by atoms with E-state index in [1.165, 1.54) is 38.5 Å². The molecule has 1 heterocycles. The van der Waals surface area contributed by atoms with Crippen molar-refractivity contribution >= 4 is 17.5 Å². The van der Waals surface area contributed by atoms with Gasteiger partial charge >= 0.3 is 0 Å². The molecule has 1 aromatic rings. The fourth-order valence-corrected chi connectivity index (χ4v) is 6.10. The Morgan fingerprint density at radius 3 is 2.52 bits per heavy atom. The van der Waals surface area contributed by atoms with Crippen molar-refractivity contribution < 1.29 is 14.3 Å². The van der Waals surface area contributed by atoms with Gasteiger partial charge in [0.05, 0.1) is 5.69 Å². The molecule has 4 saturated carbocycles. The van der Waals surface area contributed by atoms with Gasteiger partial charge in [0.25, 0.3) is 11.8 Å². The molecule has 2 amide bonds. The van der Waals surface area contributed by atoms with E-state index in [2.05, 4.69) is 10.6 Å². The molecule has 0 aromatic heterocycles. The summed E-state index contributed by atoms with van der Waals surface area (Å²) in [5, 5.41) is 5.94. The van der Waals surface area contributed by atoms with E-state index in [1.54, 1.807) is 18.2 Å². The maximum absolute atomic E-state index is 12.6. The molecule has 0 atom stereocenters. The van der Waals surface area contributed by atoms with E-state index >= 15 is 0 Å². The Balaban J connectivity index is 1.28. The quantitative estimate of drug-likeness (QED) is 0.889. The number of amides is 2. The predicted octanol–water partition coefficient (Wildman–Crippen LogP) is 2.96. The van der Waals surface area contributed by atoms with Gasteiger partial charge in [0.2, 0.25) is 0 Å². The molecule has 132 valence electrons. The molecule has 2 N–H and O–H groups in total. The lowest BCUT2D eigenvalue weighted by molar-refractivity contribution is -0.118. The van der Waals surface area contributed by atoms with Crippen molar-refractivity contribution in [1.82, 2.24) is 5.32 Å². The van der Waals surface area contributed by atoms with Crippen LogP contribution in [0, 0.1) is 23.2 Å². The van der Waals surface area contributed by atoms with E-state index in [9.17, 15) is 9.59 Å². The fraction of sp³-hybridized carbons (Fsp3) is 0.600. The minimum Gasteiger partial charge on any atom is -0.482 e. The fourth-order valence-electron chi connectivity index (χ4n) is 6.10. The Morgan fingerprint density at radius 2 is 1.84 bits per heavy atom. The summed E-state index contributed by atoms with van der Waals surface area (Å²) in [5.41, 5.74) is 1.49. The Labute approximate surface area is 147 Å². The van der Waals surface area contributed by atoms with E-state index < -0.39 is 0 Å². The van der Waals surface area contributed by atoms with Crippen molar-refractivity contribution in [3.63, 3.8) is 0 Å². The van der Waals surface area contributed by atoms with E-state index in [1.807, 2.05) is 0 Å². The summed E-state index contributed by atoms with van der Waals surface area (Å²) < 4.78 is 5.35. The largest absolute Gasteiger partial charge is 0.482 e. The van der Waals surface area contributed by atoms with Crippen LogP contribution in [0.15, 0.2) is 18.2 Å². The Morgan fingerprint density at radius 1 is 1.16 bits per heavy atom. The van der Waals surface area contributed by atoms with Crippen LogP contribution in [0.4, 0.5) is 5.69 Å². The van der Waals surface area contributed by atoms with Gasteiger partial charge in [-0.25, -0.2) is 0 Å². The zero-order valence-electron chi connectivity index (χ0n) is 14.3. The molecule has 6 rings (SSSR count). The average Bonchev–Trinajstić information content (AvgIpc) is 2.58. The molecule has 5 heteroatoms. The van der Waals surface area contributed by atoms with Crippen LogP contribution in [0.3, 0.4) is 0 Å². The van der Waals surface area contributed by atoms with E-state index in [4.69, 9.17) is 4.74 Å². The minimum absolute atomic E-state index is 0.0323. The molecule has 25 heavy (non-hydrogen) atoms. The first-order valence-electron chi connectivity index (χ1n) is 9.43. The van der Waals surface area contributed by atoms with Gasteiger partial charge in [0.1, 0.15) is 5.75 Å². The smallest absolute Gasteiger partial charge is 0.262 e. The molecule has 0 unspecified atom stereocenters. The monoisotopic (exact) mass is 340 g/mol. The highest BCUT2D eigenvalue weighted by Gasteiger charge is 2.50. The minimum atomic E-state index is -0.182. The summed E-state index contributed by atoms with van der Waals surface area (Å²) in [6.07, 6.45) is 8.10. The lowest BCUT2D eigenvalue weighted by Crippen LogP contribution is -2.51. The molecule has 1 aliphatic heterocycles. The Bertz CT molecular complexity index is 707. The van der Waals surface area contributed by atoms with E-state index in [-0.39, 0.29) is 18.4 Å². The summed E-state index contributed by atoms with van der Waals surface area (Å²) >= 11 is 0. The summed E-state index contributed by atoms with van der Waals surface area (Å²) in [5.74, 6) is 3.05. The van der Waals surface area contributed by atoms with E-state index in [0.29, 0.717) is 22.4 Å². The molecular formula is C20H24N2O3. The van der Waals surface area contributed by atoms with Crippen LogP contribution in [0.25, 0.3) is 0 Å². The number of fused-ring (bicyclic) bond motifs is 1. The number of carbonyl (C=O) groups is 2. The molecular weight excluding hydrogens is 316 g/mol. The van der Waals surface area contributed by atoms with Crippen molar-refractivity contribution in [2.45, 2.75) is 38.5 Å². The van der Waals surface area contributed by atoms with Crippen molar-refractivity contribution in [3.8, 4) is 5.75 Å². The third-order valence-electron chi connectivity index (χ3n) is 6.66. The predicted molar refractivity (Wildman–Crippen MR) is 93.5 cm³/mol. The lowest BCUT2D eigenvalue weighted by atomic mass is 9.49. The third-order valence-corrected chi connectivity index (χ3v) is 6.66. The number of anilines is 1. The van der Waals surface area contributed by atoms with Gasteiger partial charge in [-0.3, -0.25) is 9.59 Å². The maximum Gasteiger partial charge on any atom is 0.262 e. The van der Waals surface area contributed by atoms with Gasteiger partial charge in [-0.05, 0) is 79.9 Å². The topological polar surface area (TPSA) is 67.4 Å². The lowest BCUT2D eigenvalue weighted by Gasteiger charge is -2.56. The van der Waals surface area contributed by atoms with Crippen molar-refractivity contribution in [3.05, 3.63) is 23.8 Å². The van der Waals surface area contributed by atoms with Crippen LogP contribution >= 0.6 is 0 Å². The Hall–Kier alpha value is -2.04. The number of carbonyl (C=O) groups excluding carboxylic acids is 2. The van der Waals surface area contributed by atoms with Crippen LogP contribution < -0.4 is 15.4 Å². The van der Waals surface area contributed by atoms with Gasteiger partial charge in [-0.15, -0.1) is 0 Å². The highest BCUT2D eigenvalue weighted by atomic mass is 16.5. The number of benzene rings is 1. The first kappa shape index (κ1) is 15.2. The molecule has 0 radical (unpaired) electrons. The van der Waals surface area contributed by atoms with Crippen LogP contribution in [0.5, 0.6) is 5.75 Å². The van der Waals surface area contributed by atoms with Gasteiger partial charge in [0.15, 0.2) is 6.61 Å². The highest BCUT2D eigenvalue weighted by molar-refractivity contribution is 5.99. The van der Waals surface area contributed by atoms with Crippen molar-refractivity contribution in [2.24, 2.45) is 23.2 Å². The van der Waals surface area contributed by atoms with Crippen molar-refractivity contribution in [1.29, 1.82) is 0 Å². The van der Waals surface area contributed by atoms with Gasteiger partial charge in [0, 0.05) is 12.1 Å². The van der Waals surface area contributed by atoms with Crippen LogP contribution in [0.1, 0.15) is 48.9 Å². The average molecular weight is 340 g/mol. The number of ether oxygens (including phenoxy) is 1. The second kappa shape index (κ2) is 5.48. The molecule has 0 spiro atoms. The molecule has 4 bridgehead atoms. The first-order chi connectivity index (χ1) is 12.1. The van der Waals surface area contributed by atoms with Gasteiger partial charge in [-0.2, -0.15) is 0 Å². The molecule has 0 saturated heterocycles. The number of nitrogens with one attached hydrogen (secondary N) is 2. The number of hydrogen-bond acceptors (Lipinski definition) is 3. The molecule has 5 nitrogen and oxygen atoms in total. The second-order valence-electron chi connectivity index (χ2n) is 8.65. The van der Waals surface area contributed by atoms with Crippen LogP contribution in [-0.4, -0.2) is 25.0 Å². The van der Waals surface area contributed by atoms with Gasteiger partial charge in [-0.1, -0.05) is 0 Å². The molecule has 5 aliphatic rings. The number of hydrogen-bond donors (Lipinski definition) is 2. The summed E-state index contributed by atoms with van der Waals surface area (Å²) in [6, 6.07) is 5.24. The highest BCUT2D eigenvalue weighted by Crippen LogP contribution is 2.59. The normalized spacial score (nSPS) is 34.9. The Kier molecular flexibility index (Phi) is 3.34. The summed E-state index contributed by atoms with van der Waals surface area (Å²) in [7, 11) is 0. The molecule has 4 fully saturated rings. The summed E-state index contributed by atoms with van der Waals surface area (Å²) in [6.45, 7) is 0.819. The van der Waals surface area contributed by atoms with Crippen molar-refractivity contribution in [2.75, 3.05) is 18.5 Å². The third kappa shape index (κ3) is 2.70. The zero-order valence-corrected chi connectivity index (χ0v) is 14.3. The van der Waals surface area contributed by atoms with Crippen LogP contribution in [0.2, 0.25) is 0 Å². The molecule has 1 aromatic carbocycles.